The van der Waals surface area contributed by atoms with Crippen molar-refractivity contribution in [3.8, 4) is 0 Å². The molecule has 1 amide bonds. The zero-order chi connectivity index (χ0) is 16.3. The standard InChI is InChI=1S/C15H18F2N2O3/c1-9(10-2-4-11(5-3-10)14(21)22)19-13(20)12-6-7-15(16,17)8-18-12/h2-5,9,12,18H,6-8H2,1H3,(H,19,20)(H,21,22)/t9-,12+/m0/s1. The number of carbonyl (C=O) groups is 2. The van der Waals surface area contributed by atoms with Crippen LogP contribution < -0.4 is 10.6 Å². The molecule has 3 N–H and O–H groups in total. The number of nitrogens with one attached hydrogen (secondary N) is 2. The van der Waals surface area contributed by atoms with Gasteiger partial charge in [-0.3, -0.25) is 4.79 Å². The maximum Gasteiger partial charge on any atom is 0.335 e. The SMILES string of the molecule is C[C@H](NC(=O)[C@H]1CCC(F)(F)CN1)c1ccc(C(=O)O)cc1. The van der Waals surface area contributed by atoms with E-state index in [4.69, 9.17) is 5.11 Å². The molecule has 2 rings (SSSR count). The number of halogens is 2. The molecule has 0 bridgehead atoms. The number of piperidine rings is 1. The van der Waals surface area contributed by atoms with Crippen LogP contribution >= 0.6 is 0 Å². The molecule has 0 radical (unpaired) electrons. The predicted octanol–water partition coefficient (Wildman–Crippen LogP) is 1.95. The Hall–Kier alpha value is -2.02. The van der Waals surface area contributed by atoms with E-state index in [1.807, 2.05) is 0 Å². The molecule has 5 nitrogen and oxygen atoms in total. The number of alkyl halides is 2. The van der Waals surface area contributed by atoms with Crippen molar-refractivity contribution in [2.45, 2.75) is 37.8 Å². The van der Waals surface area contributed by atoms with Crippen LogP contribution in [0.25, 0.3) is 0 Å². The number of rotatable bonds is 4. The molecule has 0 aromatic heterocycles. The number of amides is 1. The fourth-order valence-corrected chi connectivity index (χ4v) is 2.35. The topological polar surface area (TPSA) is 78.4 Å². The van der Waals surface area contributed by atoms with Gasteiger partial charge in [-0.1, -0.05) is 12.1 Å². The first kappa shape index (κ1) is 16.4. The second-order valence-corrected chi connectivity index (χ2v) is 5.49. The van der Waals surface area contributed by atoms with E-state index in [1.54, 1.807) is 19.1 Å². The number of benzene rings is 1. The number of carboxylic acids is 1. The van der Waals surface area contributed by atoms with Gasteiger partial charge in [-0.05, 0) is 31.0 Å². The van der Waals surface area contributed by atoms with Gasteiger partial charge in [-0.2, -0.15) is 0 Å². The third-order valence-electron chi connectivity index (χ3n) is 3.74. The predicted molar refractivity (Wildman–Crippen MR) is 75.9 cm³/mol. The van der Waals surface area contributed by atoms with E-state index < -0.39 is 24.5 Å². The van der Waals surface area contributed by atoms with Gasteiger partial charge in [-0.25, -0.2) is 13.6 Å². The number of hydrogen-bond donors (Lipinski definition) is 3. The molecule has 1 saturated heterocycles. The smallest absolute Gasteiger partial charge is 0.335 e. The Morgan fingerprint density at radius 3 is 2.50 bits per heavy atom. The van der Waals surface area contributed by atoms with E-state index in [0.29, 0.717) is 0 Å². The van der Waals surface area contributed by atoms with Gasteiger partial charge in [0, 0.05) is 6.42 Å². The number of carboxylic acid groups (broad SMARTS) is 1. The van der Waals surface area contributed by atoms with Gasteiger partial charge in [0.05, 0.1) is 24.2 Å². The summed E-state index contributed by atoms with van der Waals surface area (Å²) in [5, 5.41) is 14.1. The minimum Gasteiger partial charge on any atom is -0.478 e. The summed E-state index contributed by atoms with van der Waals surface area (Å²) in [6, 6.07) is 5.20. The molecule has 0 spiro atoms. The summed E-state index contributed by atoms with van der Waals surface area (Å²) in [7, 11) is 0. The zero-order valence-corrected chi connectivity index (χ0v) is 12.1. The lowest BCUT2D eigenvalue weighted by Crippen LogP contribution is -2.52. The summed E-state index contributed by atoms with van der Waals surface area (Å²) in [5.41, 5.74) is 0.915. The van der Waals surface area contributed by atoms with Crippen molar-refractivity contribution in [1.29, 1.82) is 0 Å². The first-order chi connectivity index (χ1) is 10.3. The van der Waals surface area contributed by atoms with Crippen LogP contribution in [-0.2, 0) is 4.79 Å². The van der Waals surface area contributed by atoms with Crippen LogP contribution in [-0.4, -0.2) is 35.5 Å². The van der Waals surface area contributed by atoms with Crippen molar-refractivity contribution >= 4 is 11.9 Å². The fraction of sp³-hybridized carbons (Fsp3) is 0.467. The Kier molecular flexibility index (Phi) is 4.75. The van der Waals surface area contributed by atoms with E-state index in [2.05, 4.69) is 10.6 Å². The maximum absolute atomic E-state index is 13.0. The summed E-state index contributed by atoms with van der Waals surface area (Å²) < 4.78 is 26.1. The number of carbonyl (C=O) groups excluding carboxylic acids is 1. The van der Waals surface area contributed by atoms with E-state index >= 15 is 0 Å². The summed E-state index contributed by atoms with van der Waals surface area (Å²) in [5.74, 6) is -4.10. The lowest BCUT2D eigenvalue weighted by atomic mass is 10.0. The minimum absolute atomic E-state index is 0.0868. The second kappa shape index (κ2) is 6.39. The quantitative estimate of drug-likeness (QED) is 0.794. The molecule has 1 aromatic rings. The van der Waals surface area contributed by atoms with E-state index in [1.165, 1.54) is 12.1 Å². The molecule has 22 heavy (non-hydrogen) atoms. The van der Waals surface area contributed by atoms with Crippen LogP contribution in [0.5, 0.6) is 0 Å². The van der Waals surface area contributed by atoms with Gasteiger partial charge < -0.3 is 15.7 Å². The van der Waals surface area contributed by atoms with Crippen molar-refractivity contribution in [2.24, 2.45) is 0 Å². The molecule has 120 valence electrons. The van der Waals surface area contributed by atoms with Crippen molar-refractivity contribution in [3.63, 3.8) is 0 Å². The van der Waals surface area contributed by atoms with Crippen LogP contribution in [0, 0.1) is 0 Å². The van der Waals surface area contributed by atoms with Gasteiger partial charge in [-0.15, -0.1) is 0 Å². The Morgan fingerprint density at radius 1 is 1.36 bits per heavy atom. The van der Waals surface area contributed by atoms with Crippen molar-refractivity contribution in [2.75, 3.05) is 6.54 Å². The normalized spacial score (nSPS) is 21.9. The van der Waals surface area contributed by atoms with Crippen molar-refractivity contribution < 1.29 is 23.5 Å². The lowest BCUT2D eigenvalue weighted by Gasteiger charge is -2.29. The van der Waals surface area contributed by atoms with Gasteiger partial charge in [0.25, 0.3) is 5.92 Å². The van der Waals surface area contributed by atoms with Gasteiger partial charge in [0.1, 0.15) is 0 Å². The zero-order valence-electron chi connectivity index (χ0n) is 12.1. The van der Waals surface area contributed by atoms with E-state index in [0.717, 1.165) is 5.56 Å². The molecule has 1 aliphatic rings. The largest absolute Gasteiger partial charge is 0.478 e. The first-order valence-corrected chi connectivity index (χ1v) is 7.03. The summed E-state index contributed by atoms with van der Waals surface area (Å²) >= 11 is 0. The van der Waals surface area contributed by atoms with Gasteiger partial charge >= 0.3 is 5.97 Å². The molecule has 1 aliphatic heterocycles. The Labute approximate surface area is 126 Å². The van der Waals surface area contributed by atoms with E-state index in [9.17, 15) is 18.4 Å². The molecule has 1 fully saturated rings. The molecular weight excluding hydrogens is 294 g/mol. The van der Waals surface area contributed by atoms with E-state index in [-0.39, 0.29) is 30.4 Å². The van der Waals surface area contributed by atoms with Gasteiger partial charge in [0.2, 0.25) is 5.91 Å². The summed E-state index contributed by atoms with van der Waals surface area (Å²) in [4.78, 5) is 22.8. The molecule has 2 atom stereocenters. The van der Waals surface area contributed by atoms with Crippen LogP contribution in [0.15, 0.2) is 24.3 Å². The molecular formula is C15H18F2N2O3. The molecule has 0 saturated carbocycles. The number of aromatic carboxylic acids is 1. The molecule has 1 heterocycles. The molecule has 7 heteroatoms. The maximum atomic E-state index is 13.0. The average Bonchev–Trinajstić information content (AvgIpc) is 2.47. The highest BCUT2D eigenvalue weighted by Gasteiger charge is 2.37. The Balaban J connectivity index is 1.92. The highest BCUT2D eigenvalue weighted by atomic mass is 19.3. The highest BCUT2D eigenvalue weighted by molar-refractivity contribution is 5.87. The fourth-order valence-electron chi connectivity index (χ4n) is 2.35. The third-order valence-corrected chi connectivity index (χ3v) is 3.74. The summed E-state index contributed by atoms with van der Waals surface area (Å²) in [6.45, 7) is 1.26. The Morgan fingerprint density at radius 2 is 2.00 bits per heavy atom. The van der Waals surface area contributed by atoms with Crippen molar-refractivity contribution in [1.82, 2.24) is 10.6 Å². The number of hydrogen-bond acceptors (Lipinski definition) is 3. The third kappa shape index (κ3) is 4.00. The summed E-state index contributed by atoms with van der Waals surface area (Å²) in [6.07, 6.45) is -0.219. The first-order valence-electron chi connectivity index (χ1n) is 7.03. The molecule has 0 unspecified atom stereocenters. The second-order valence-electron chi connectivity index (χ2n) is 5.49. The minimum atomic E-state index is -2.75. The van der Waals surface area contributed by atoms with Crippen molar-refractivity contribution in [3.05, 3.63) is 35.4 Å². The van der Waals surface area contributed by atoms with Crippen LogP contribution in [0.4, 0.5) is 8.78 Å². The monoisotopic (exact) mass is 312 g/mol. The Bertz CT molecular complexity index is 550. The van der Waals surface area contributed by atoms with Gasteiger partial charge in [0.15, 0.2) is 0 Å². The lowest BCUT2D eigenvalue weighted by molar-refractivity contribution is -0.126. The molecule has 0 aliphatic carbocycles. The van der Waals surface area contributed by atoms with Crippen LogP contribution in [0.2, 0.25) is 0 Å². The van der Waals surface area contributed by atoms with Crippen LogP contribution in [0.1, 0.15) is 41.7 Å². The highest BCUT2D eigenvalue weighted by Crippen LogP contribution is 2.25. The molecule has 1 aromatic carbocycles. The average molecular weight is 312 g/mol. The van der Waals surface area contributed by atoms with Crippen LogP contribution in [0.3, 0.4) is 0 Å².